The average molecular weight is 330 g/mol. The number of amides is 1. The van der Waals surface area contributed by atoms with Gasteiger partial charge in [-0.2, -0.15) is 0 Å². The predicted octanol–water partition coefficient (Wildman–Crippen LogP) is 3.11. The number of carbonyl (C=O) groups excluding carboxylic acids is 1. The Balaban J connectivity index is 3.20. The number of rotatable bonds is 8. The summed E-state index contributed by atoms with van der Waals surface area (Å²) in [6.45, 7) is 3.68. The highest BCUT2D eigenvalue weighted by Gasteiger charge is 2.40. The second kappa shape index (κ2) is 8.17. The molecular formula is C14H23N2O5P. The van der Waals surface area contributed by atoms with Crippen LogP contribution in [-0.4, -0.2) is 33.4 Å². The van der Waals surface area contributed by atoms with E-state index in [4.69, 9.17) is 19.5 Å². The number of anilines is 1. The third-order valence-electron chi connectivity index (χ3n) is 2.83. The van der Waals surface area contributed by atoms with E-state index in [0.29, 0.717) is 5.56 Å². The summed E-state index contributed by atoms with van der Waals surface area (Å²) in [6.07, 6.45) is -1.04. The first-order valence-electron chi connectivity index (χ1n) is 6.96. The van der Waals surface area contributed by atoms with Crippen LogP contribution in [0.15, 0.2) is 24.3 Å². The minimum absolute atomic E-state index is 0.158. The largest absolute Gasteiger partial charge is 0.428 e. The molecule has 0 heterocycles. The van der Waals surface area contributed by atoms with Crippen molar-refractivity contribution in [2.75, 3.05) is 32.2 Å². The third-order valence-corrected chi connectivity index (χ3v) is 5.04. The molecule has 124 valence electrons. The maximum Gasteiger partial charge on any atom is 0.405 e. The van der Waals surface area contributed by atoms with Crippen molar-refractivity contribution in [2.45, 2.75) is 19.7 Å². The van der Waals surface area contributed by atoms with Gasteiger partial charge in [-0.25, -0.2) is 4.79 Å². The molecule has 0 aliphatic carbocycles. The number of carbonyl (C=O) groups is 1. The number of ether oxygens (including phenoxy) is 1. The van der Waals surface area contributed by atoms with Gasteiger partial charge in [0.05, 0.1) is 13.2 Å². The van der Waals surface area contributed by atoms with Gasteiger partial charge in [0.15, 0.2) is 0 Å². The van der Waals surface area contributed by atoms with E-state index >= 15 is 0 Å². The van der Waals surface area contributed by atoms with Crippen LogP contribution in [0, 0.1) is 0 Å². The van der Waals surface area contributed by atoms with Crippen molar-refractivity contribution in [3.8, 4) is 0 Å². The molecule has 0 saturated heterocycles. The Hall–Kier alpha value is -1.56. The molecular weight excluding hydrogens is 307 g/mol. The Morgan fingerprint density at radius 3 is 2.05 bits per heavy atom. The Morgan fingerprint density at radius 1 is 1.18 bits per heavy atom. The monoisotopic (exact) mass is 330 g/mol. The zero-order valence-electron chi connectivity index (χ0n) is 13.3. The van der Waals surface area contributed by atoms with E-state index in [-0.39, 0.29) is 13.2 Å². The van der Waals surface area contributed by atoms with Crippen LogP contribution >= 0.6 is 7.60 Å². The number of hydrogen-bond donors (Lipinski definition) is 1. The maximum absolute atomic E-state index is 12.9. The summed E-state index contributed by atoms with van der Waals surface area (Å²) in [6, 6.07) is 7.03. The molecule has 1 rings (SSSR count). The van der Waals surface area contributed by atoms with Crippen LogP contribution < -0.4 is 10.6 Å². The van der Waals surface area contributed by atoms with Gasteiger partial charge in [0.25, 0.3) is 0 Å². The van der Waals surface area contributed by atoms with Crippen LogP contribution in [0.1, 0.15) is 25.3 Å². The SMILES string of the molecule is CCOP(=O)(OCC)C(OC(N)=O)c1ccc(N(C)C)cc1. The molecule has 22 heavy (non-hydrogen) atoms. The second-order valence-electron chi connectivity index (χ2n) is 4.65. The molecule has 0 saturated carbocycles. The summed E-state index contributed by atoms with van der Waals surface area (Å²) < 4.78 is 28.4. The molecule has 0 radical (unpaired) electrons. The molecule has 8 heteroatoms. The van der Waals surface area contributed by atoms with Gasteiger partial charge in [-0.15, -0.1) is 0 Å². The molecule has 0 bridgehead atoms. The number of hydrogen-bond acceptors (Lipinski definition) is 6. The molecule has 2 N–H and O–H groups in total. The first-order valence-corrected chi connectivity index (χ1v) is 8.57. The molecule has 1 amide bonds. The first kappa shape index (κ1) is 18.5. The molecule has 1 atom stereocenters. The molecule has 0 spiro atoms. The lowest BCUT2D eigenvalue weighted by Gasteiger charge is -2.26. The molecule has 0 aliphatic rings. The number of benzene rings is 1. The third kappa shape index (κ3) is 4.73. The molecule has 1 unspecified atom stereocenters. The lowest BCUT2D eigenvalue weighted by atomic mass is 10.2. The van der Waals surface area contributed by atoms with E-state index < -0.39 is 19.5 Å². The summed E-state index contributed by atoms with van der Waals surface area (Å²) in [5.74, 6) is -1.19. The fourth-order valence-electron chi connectivity index (χ4n) is 1.89. The summed E-state index contributed by atoms with van der Waals surface area (Å²) in [5.41, 5.74) is 6.54. The van der Waals surface area contributed by atoms with Gasteiger partial charge >= 0.3 is 13.7 Å². The summed E-state index contributed by atoms with van der Waals surface area (Å²) in [4.78, 5) is 13.1. The van der Waals surface area contributed by atoms with E-state index in [1.807, 2.05) is 31.1 Å². The number of nitrogens with two attached hydrogens (primary N) is 1. The second-order valence-corrected chi connectivity index (χ2v) is 6.72. The van der Waals surface area contributed by atoms with Crippen molar-refractivity contribution in [1.29, 1.82) is 0 Å². The van der Waals surface area contributed by atoms with Gasteiger partial charge in [0, 0.05) is 25.3 Å². The van der Waals surface area contributed by atoms with Crippen molar-refractivity contribution in [2.24, 2.45) is 5.73 Å². The quantitative estimate of drug-likeness (QED) is 0.736. The smallest absolute Gasteiger partial charge is 0.405 e. The Kier molecular flexibility index (Phi) is 6.87. The van der Waals surface area contributed by atoms with Crippen LogP contribution in [0.25, 0.3) is 0 Å². The highest BCUT2D eigenvalue weighted by Crippen LogP contribution is 2.61. The van der Waals surface area contributed by atoms with E-state index in [2.05, 4.69) is 0 Å². The zero-order valence-corrected chi connectivity index (χ0v) is 14.2. The summed E-state index contributed by atoms with van der Waals surface area (Å²) in [5, 5.41) is 0. The molecule has 0 aliphatic heterocycles. The highest BCUT2D eigenvalue weighted by atomic mass is 31.2. The molecule has 1 aromatic rings. The lowest BCUT2D eigenvalue weighted by Crippen LogP contribution is -2.19. The normalized spacial score (nSPS) is 12.7. The molecule has 1 aromatic carbocycles. The number of primary amides is 1. The van der Waals surface area contributed by atoms with Crippen LogP contribution in [0.2, 0.25) is 0 Å². The van der Waals surface area contributed by atoms with Gasteiger partial charge in [-0.1, -0.05) is 12.1 Å². The molecule has 0 fully saturated rings. The highest BCUT2D eigenvalue weighted by molar-refractivity contribution is 7.54. The van der Waals surface area contributed by atoms with E-state index in [0.717, 1.165) is 5.69 Å². The van der Waals surface area contributed by atoms with E-state index in [9.17, 15) is 9.36 Å². The van der Waals surface area contributed by atoms with Gasteiger partial charge in [-0.05, 0) is 26.0 Å². The van der Waals surface area contributed by atoms with Crippen LogP contribution in [-0.2, 0) is 18.3 Å². The zero-order chi connectivity index (χ0) is 16.8. The minimum Gasteiger partial charge on any atom is -0.428 e. The predicted molar refractivity (Wildman–Crippen MR) is 85.0 cm³/mol. The van der Waals surface area contributed by atoms with E-state index in [1.165, 1.54) is 0 Å². The average Bonchev–Trinajstić information content (AvgIpc) is 2.45. The van der Waals surface area contributed by atoms with Gasteiger partial charge in [-0.3, -0.25) is 4.57 Å². The standard InChI is InChI=1S/C14H23N2O5P/c1-5-19-22(18,20-6-2)13(21-14(15)17)11-7-9-12(10-8-11)16(3)4/h7-10,13H,5-6H2,1-4H3,(H2,15,17). The van der Waals surface area contributed by atoms with Crippen LogP contribution in [0.3, 0.4) is 0 Å². The Labute approximate surface area is 130 Å². The molecule has 0 aromatic heterocycles. The summed E-state index contributed by atoms with van der Waals surface area (Å²) in [7, 11) is 0.120. The topological polar surface area (TPSA) is 91.1 Å². The van der Waals surface area contributed by atoms with Crippen molar-refractivity contribution < 1.29 is 23.1 Å². The maximum atomic E-state index is 12.9. The van der Waals surface area contributed by atoms with Crippen LogP contribution in [0.4, 0.5) is 10.5 Å². The minimum atomic E-state index is -3.68. The Morgan fingerprint density at radius 2 is 1.68 bits per heavy atom. The fraction of sp³-hybridized carbons (Fsp3) is 0.500. The van der Waals surface area contributed by atoms with Gasteiger partial charge in [0.2, 0.25) is 5.85 Å². The van der Waals surface area contributed by atoms with Crippen LogP contribution in [0.5, 0.6) is 0 Å². The van der Waals surface area contributed by atoms with Gasteiger partial charge in [0.1, 0.15) is 0 Å². The molecule has 7 nitrogen and oxygen atoms in total. The van der Waals surface area contributed by atoms with E-state index in [1.54, 1.807) is 26.0 Å². The van der Waals surface area contributed by atoms with Crippen molar-refractivity contribution in [1.82, 2.24) is 0 Å². The lowest BCUT2D eigenvalue weighted by molar-refractivity contribution is 0.109. The van der Waals surface area contributed by atoms with Crippen molar-refractivity contribution in [3.05, 3.63) is 29.8 Å². The van der Waals surface area contributed by atoms with Crippen molar-refractivity contribution in [3.63, 3.8) is 0 Å². The van der Waals surface area contributed by atoms with Gasteiger partial charge < -0.3 is 24.4 Å². The fourth-order valence-corrected chi connectivity index (χ4v) is 3.73. The Bertz CT molecular complexity index is 523. The number of nitrogens with zero attached hydrogens (tertiary/aromatic N) is 1. The van der Waals surface area contributed by atoms with Crippen molar-refractivity contribution >= 4 is 19.4 Å². The first-order chi connectivity index (χ1) is 10.3. The summed E-state index contributed by atoms with van der Waals surface area (Å²) >= 11 is 0.